The second-order valence-corrected chi connectivity index (χ2v) is 6.30. The smallest absolute Gasteiger partial charge is 0.223 e. The number of amides is 1. The molecule has 1 aromatic heterocycles. The van der Waals surface area contributed by atoms with Gasteiger partial charge in [0.2, 0.25) is 5.91 Å². The van der Waals surface area contributed by atoms with Crippen LogP contribution in [0.25, 0.3) is 11.3 Å². The molecule has 5 heteroatoms. The fourth-order valence-electron chi connectivity index (χ4n) is 2.71. The third kappa shape index (κ3) is 4.36. The highest BCUT2D eigenvalue weighted by Gasteiger charge is 2.13. The van der Waals surface area contributed by atoms with Gasteiger partial charge in [-0.15, -0.1) is 0 Å². The maximum absolute atomic E-state index is 13.0. The van der Waals surface area contributed by atoms with Crippen LogP contribution in [0.15, 0.2) is 59.1 Å². The average Bonchev–Trinajstić information content (AvgIpc) is 3.11. The molecule has 3 aromatic rings. The molecule has 1 heterocycles. The summed E-state index contributed by atoms with van der Waals surface area (Å²) in [7, 11) is 1.80. The van der Waals surface area contributed by atoms with E-state index < -0.39 is 0 Å². The van der Waals surface area contributed by atoms with Crippen LogP contribution in [0.2, 0.25) is 0 Å². The molecule has 26 heavy (non-hydrogen) atoms. The standard InChI is InChI=1S/C21H21FN2O2/c1-15-5-3-4-6-17(15)14-24(2)21(25)12-11-20-23-13-19(26-20)16-7-9-18(22)10-8-16/h3-10,13H,11-12,14H2,1-2H3. The molecular weight excluding hydrogens is 331 g/mol. The number of aryl methyl sites for hydroxylation is 2. The molecule has 0 N–H and O–H groups in total. The van der Waals surface area contributed by atoms with E-state index >= 15 is 0 Å². The molecule has 0 fully saturated rings. The number of aromatic nitrogens is 1. The van der Waals surface area contributed by atoms with Gasteiger partial charge in [0.15, 0.2) is 11.7 Å². The van der Waals surface area contributed by atoms with Gasteiger partial charge >= 0.3 is 0 Å². The Morgan fingerprint density at radius 2 is 1.88 bits per heavy atom. The molecule has 1 amide bonds. The Hall–Kier alpha value is -2.95. The van der Waals surface area contributed by atoms with E-state index in [1.807, 2.05) is 31.2 Å². The highest BCUT2D eigenvalue weighted by molar-refractivity contribution is 5.76. The van der Waals surface area contributed by atoms with Crippen LogP contribution in [0.5, 0.6) is 0 Å². The first-order valence-corrected chi connectivity index (χ1v) is 8.52. The third-order valence-electron chi connectivity index (χ3n) is 4.33. The Morgan fingerprint density at radius 1 is 1.15 bits per heavy atom. The number of oxazole rings is 1. The monoisotopic (exact) mass is 352 g/mol. The molecule has 0 spiro atoms. The molecule has 0 unspecified atom stereocenters. The topological polar surface area (TPSA) is 46.3 Å². The summed E-state index contributed by atoms with van der Waals surface area (Å²) in [6.45, 7) is 2.62. The number of benzene rings is 2. The summed E-state index contributed by atoms with van der Waals surface area (Å²) in [5, 5.41) is 0. The van der Waals surface area contributed by atoms with Crippen molar-refractivity contribution in [1.29, 1.82) is 0 Å². The summed E-state index contributed by atoms with van der Waals surface area (Å²) in [5.41, 5.74) is 3.06. The van der Waals surface area contributed by atoms with E-state index in [0.717, 1.165) is 11.1 Å². The zero-order chi connectivity index (χ0) is 18.5. The molecule has 0 aliphatic carbocycles. The Labute approximate surface area is 152 Å². The molecule has 0 bridgehead atoms. The van der Waals surface area contributed by atoms with Gasteiger partial charge in [-0.05, 0) is 42.3 Å². The molecule has 0 aliphatic heterocycles. The van der Waals surface area contributed by atoms with Crippen LogP contribution in [0, 0.1) is 12.7 Å². The lowest BCUT2D eigenvalue weighted by molar-refractivity contribution is -0.130. The second kappa shape index (κ2) is 7.95. The Morgan fingerprint density at radius 3 is 2.62 bits per heavy atom. The van der Waals surface area contributed by atoms with Crippen molar-refractivity contribution < 1.29 is 13.6 Å². The first-order chi connectivity index (χ1) is 12.5. The molecule has 134 valence electrons. The van der Waals surface area contributed by atoms with Crippen LogP contribution in [0.3, 0.4) is 0 Å². The van der Waals surface area contributed by atoms with Gasteiger partial charge in [-0.2, -0.15) is 0 Å². The van der Waals surface area contributed by atoms with Crippen molar-refractivity contribution in [2.24, 2.45) is 0 Å². The summed E-state index contributed by atoms with van der Waals surface area (Å²) < 4.78 is 18.7. The van der Waals surface area contributed by atoms with Crippen molar-refractivity contribution in [2.45, 2.75) is 26.3 Å². The van der Waals surface area contributed by atoms with Crippen LogP contribution in [0.1, 0.15) is 23.4 Å². The van der Waals surface area contributed by atoms with Crippen molar-refractivity contribution in [1.82, 2.24) is 9.88 Å². The number of halogens is 1. The summed E-state index contributed by atoms with van der Waals surface area (Å²) in [4.78, 5) is 18.3. The molecule has 0 saturated heterocycles. The maximum atomic E-state index is 13.0. The molecule has 4 nitrogen and oxygen atoms in total. The van der Waals surface area contributed by atoms with Crippen LogP contribution < -0.4 is 0 Å². The molecule has 3 rings (SSSR count). The van der Waals surface area contributed by atoms with E-state index in [2.05, 4.69) is 4.98 Å². The van der Waals surface area contributed by atoms with E-state index in [-0.39, 0.29) is 11.7 Å². The summed E-state index contributed by atoms with van der Waals surface area (Å²) in [6.07, 6.45) is 2.36. The van der Waals surface area contributed by atoms with Crippen LogP contribution in [-0.4, -0.2) is 22.8 Å². The van der Waals surface area contributed by atoms with Crippen LogP contribution in [0.4, 0.5) is 4.39 Å². The summed E-state index contributed by atoms with van der Waals surface area (Å²) in [6, 6.07) is 14.1. The number of rotatable bonds is 6. The van der Waals surface area contributed by atoms with Gasteiger partial charge in [-0.1, -0.05) is 24.3 Å². The van der Waals surface area contributed by atoms with Crippen molar-refractivity contribution in [3.63, 3.8) is 0 Å². The van der Waals surface area contributed by atoms with E-state index in [1.165, 1.54) is 17.7 Å². The zero-order valence-corrected chi connectivity index (χ0v) is 14.9. The summed E-state index contributed by atoms with van der Waals surface area (Å²) >= 11 is 0. The minimum absolute atomic E-state index is 0.0368. The van der Waals surface area contributed by atoms with E-state index in [0.29, 0.717) is 31.0 Å². The molecule has 0 saturated carbocycles. The lowest BCUT2D eigenvalue weighted by atomic mass is 10.1. The molecule has 0 radical (unpaired) electrons. The van der Waals surface area contributed by atoms with Crippen LogP contribution >= 0.6 is 0 Å². The summed E-state index contributed by atoms with van der Waals surface area (Å²) in [5.74, 6) is 0.813. The number of hydrogen-bond donors (Lipinski definition) is 0. The predicted molar refractivity (Wildman–Crippen MR) is 97.9 cm³/mol. The van der Waals surface area contributed by atoms with Crippen molar-refractivity contribution >= 4 is 5.91 Å². The number of carbonyl (C=O) groups is 1. The molecule has 0 atom stereocenters. The number of carbonyl (C=O) groups excluding carboxylic acids is 1. The van der Waals surface area contributed by atoms with Gasteiger partial charge in [-0.3, -0.25) is 4.79 Å². The van der Waals surface area contributed by atoms with Crippen molar-refractivity contribution in [2.75, 3.05) is 7.05 Å². The fraction of sp³-hybridized carbons (Fsp3) is 0.238. The van der Waals surface area contributed by atoms with Gasteiger partial charge < -0.3 is 9.32 Å². The SMILES string of the molecule is Cc1ccccc1CN(C)C(=O)CCc1ncc(-c2ccc(F)cc2)o1. The van der Waals surface area contributed by atoms with Crippen molar-refractivity contribution in [3.8, 4) is 11.3 Å². The van der Waals surface area contributed by atoms with Gasteiger partial charge in [0.05, 0.1) is 6.20 Å². The van der Waals surface area contributed by atoms with E-state index in [4.69, 9.17) is 4.42 Å². The third-order valence-corrected chi connectivity index (χ3v) is 4.33. The largest absolute Gasteiger partial charge is 0.441 e. The van der Waals surface area contributed by atoms with Crippen LogP contribution in [-0.2, 0) is 17.8 Å². The Balaban J connectivity index is 1.56. The Bertz CT molecular complexity index is 887. The first-order valence-electron chi connectivity index (χ1n) is 8.52. The first kappa shape index (κ1) is 17.9. The lowest BCUT2D eigenvalue weighted by Crippen LogP contribution is -2.26. The molecule has 0 aliphatic rings. The van der Waals surface area contributed by atoms with Gasteiger partial charge in [0, 0.05) is 32.0 Å². The normalized spacial score (nSPS) is 10.7. The quantitative estimate of drug-likeness (QED) is 0.661. The predicted octanol–water partition coefficient (Wildman–Crippen LogP) is 4.38. The van der Waals surface area contributed by atoms with Crippen molar-refractivity contribution in [3.05, 3.63) is 77.6 Å². The maximum Gasteiger partial charge on any atom is 0.223 e. The Kier molecular flexibility index (Phi) is 5.46. The minimum Gasteiger partial charge on any atom is -0.441 e. The molecular formula is C21H21FN2O2. The number of nitrogens with zero attached hydrogens (tertiary/aromatic N) is 2. The minimum atomic E-state index is -0.296. The fourth-order valence-corrected chi connectivity index (χ4v) is 2.71. The highest BCUT2D eigenvalue weighted by Crippen LogP contribution is 2.21. The molecule has 2 aromatic carbocycles. The average molecular weight is 352 g/mol. The zero-order valence-electron chi connectivity index (χ0n) is 14.9. The van der Waals surface area contributed by atoms with Gasteiger partial charge in [0.1, 0.15) is 5.82 Å². The van der Waals surface area contributed by atoms with Gasteiger partial charge in [-0.25, -0.2) is 9.37 Å². The van der Waals surface area contributed by atoms with E-state index in [1.54, 1.807) is 30.3 Å². The number of hydrogen-bond acceptors (Lipinski definition) is 3. The van der Waals surface area contributed by atoms with Gasteiger partial charge in [0.25, 0.3) is 0 Å². The lowest BCUT2D eigenvalue weighted by Gasteiger charge is -2.18. The van der Waals surface area contributed by atoms with E-state index in [9.17, 15) is 9.18 Å². The second-order valence-electron chi connectivity index (χ2n) is 6.30. The highest BCUT2D eigenvalue weighted by atomic mass is 19.1.